The molecule has 0 aliphatic rings. The molecule has 0 amide bonds. The smallest absolute Gasteiger partial charge is 0.148 e. The molecule has 0 aromatic heterocycles. The van der Waals surface area contributed by atoms with Crippen LogP contribution in [-0.4, -0.2) is 14.4 Å². The van der Waals surface area contributed by atoms with Crippen LogP contribution in [0.2, 0.25) is 6.82 Å². The molecule has 1 nitrogen and oxygen atoms in total. The first-order valence-corrected chi connectivity index (χ1v) is 3.30. The van der Waals surface area contributed by atoms with Crippen molar-refractivity contribution in [1.29, 1.82) is 0 Å². The van der Waals surface area contributed by atoms with Gasteiger partial charge < -0.3 is 4.74 Å². The van der Waals surface area contributed by atoms with Crippen molar-refractivity contribution < 1.29 is 4.74 Å². The molecule has 2 heteroatoms. The van der Waals surface area contributed by atoms with E-state index in [-0.39, 0.29) is 0 Å². The lowest BCUT2D eigenvalue weighted by atomic mass is 9.73. The van der Waals surface area contributed by atoms with Gasteiger partial charge in [0.1, 0.15) is 13.0 Å². The molecule has 0 aliphatic carbocycles. The van der Waals surface area contributed by atoms with Crippen LogP contribution in [0.4, 0.5) is 0 Å². The minimum Gasteiger partial charge on any atom is -0.497 e. The fourth-order valence-corrected chi connectivity index (χ4v) is 0.821. The van der Waals surface area contributed by atoms with E-state index in [9.17, 15) is 0 Å². The van der Waals surface area contributed by atoms with Crippen LogP contribution in [0, 0.1) is 0 Å². The zero-order valence-electron chi connectivity index (χ0n) is 6.29. The first-order chi connectivity index (χ1) is 4.86. The van der Waals surface area contributed by atoms with Gasteiger partial charge in [-0.25, -0.2) is 0 Å². The van der Waals surface area contributed by atoms with Crippen molar-refractivity contribution in [2.75, 3.05) is 7.11 Å². The fourth-order valence-electron chi connectivity index (χ4n) is 0.821. The molecule has 10 heavy (non-hydrogen) atoms. The first kappa shape index (κ1) is 7.20. The third-order valence-electron chi connectivity index (χ3n) is 1.43. The first-order valence-electron chi connectivity index (χ1n) is 3.30. The van der Waals surface area contributed by atoms with E-state index < -0.39 is 0 Å². The highest BCUT2D eigenvalue weighted by atomic mass is 16.5. The zero-order chi connectivity index (χ0) is 7.40. The summed E-state index contributed by atoms with van der Waals surface area (Å²) in [6, 6.07) is 7.96. The molecular weight excluding hydrogens is 123 g/mol. The molecule has 0 saturated carbocycles. The van der Waals surface area contributed by atoms with E-state index in [1.54, 1.807) is 7.11 Å². The topological polar surface area (TPSA) is 9.23 Å². The highest BCUT2D eigenvalue weighted by Gasteiger charge is 1.91. The van der Waals surface area contributed by atoms with Crippen LogP contribution in [0.15, 0.2) is 24.3 Å². The van der Waals surface area contributed by atoms with E-state index in [1.165, 1.54) is 5.46 Å². The van der Waals surface area contributed by atoms with Crippen LogP contribution >= 0.6 is 0 Å². The summed E-state index contributed by atoms with van der Waals surface area (Å²) in [5.74, 6) is 0.913. The van der Waals surface area contributed by atoms with Gasteiger partial charge in [0, 0.05) is 0 Å². The summed E-state index contributed by atoms with van der Waals surface area (Å²) in [4.78, 5) is 0. The molecule has 0 saturated heterocycles. The maximum Gasteiger partial charge on any atom is 0.148 e. The molecule has 0 bridgehead atoms. The monoisotopic (exact) mass is 133 g/mol. The van der Waals surface area contributed by atoms with Crippen LogP contribution < -0.4 is 10.2 Å². The average Bonchev–Trinajstić information content (AvgIpc) is 2.05. The molecule has 1 aromatic rings. The van der Waals surface area contributed by atoms with E-state index in [4.69, 9.17) is 4.74 Å². The molecule has 1 rings (SSSR count). The molecule has 0 heterocycles. The largest absolute Gasteiger partial charge is 0.497 e. The van der Waals surface area contributed by atoms with E-state index in [0.717, 1.165) is 5.75 Å². The number of rotatable bonds is 2. The number of methoxy groups -OCH3 is 1. The second-order valence-electron chi connectivity index (χ2n) is 2.07. The summed E-state index contributed by atoms with van der Waals surface area (Å²) in [6.45, 7) is 2.01. The van der Waals surface area contributed by atoms with Crippen molar-refractivity contribution in [2.24, 2.45) is 0 Å². The molecule has 0 fully saturated rings. The summed E-state index contributed by atoms with van der Waals surface area (Å²) in [6.07, 6.45) is 0. The lowest BCUT2D eigenvalue weighted by Crippen LogP contribution is -2.09. The van der Waals surface area contributed by atoms with Gasteiger partial charge >= 0.3 is 0 Å². The normalized spacial score (nSPS) is 9.00. The van der Waals surface area contributed by atoms with Crippen molar-refractivity contribution in [3.05, 3.63) is 24.3 Å². The van der Waals surface area contributed by atoms with Gasteiger partial charge in [0.05, 0.1) is 7.11 Å². The lowest BCUT2D eigenvalue weighted by Gasteiger charge is -1.99. The predicted octanol–water partition coefficient (Wildman–Crippen LogP) is 1.07. The van der Waals surface area contributed by atoms with Gasteiger partial charge in [0.15, 0.2) is 0 Å². The maximum absolute atomic E-state index is 5.04. The number of hydrogen-bond donors (Lipinski definition) is 0. The van der Waals surface area contributed by atoms with Crippen LogP contribution in [0.3, 0.4) is 0 Å². The van der Waals surface area contributed by atoms with Crippen molar-refractivity contribution in [2.45, 2.75) is 6.82 Å². The Labute approximate surface area is 62.3 Å². The minimum absolute atomic E-state index is 0.913. The fraction of sp³-hybridized carbons (Fsp3) is 0.250. The summed E-state index contributed by atoms with van der Waals surface area (Å²) < 4.78 is 5.04. The molecule has 0 N–H and O–H groups in total. The minimum atomic E-state index is 0.913. The molecule has 0 aliphatic heterocycles. The molecule has 0 unspecified atom stereocenters. The molecule has 1 aromatic carbocycles. The van der Waals surface area contributed by atoms with Gasteiger partial charge in [-0.05, 0) is 12.1 Å². The second-order valence-corrected chi connectivity index (χ2v) is 2.07. The van der Waals surface area contributed by atoms with Crippen LogP contribution in [0.25, 0.3) is 0 Å². The quantitative estimate of drug-likeness (QED) is 0.548. The van der Waals surface area contributed by atoms with Crippen molar-refractivity contribution in [3.8, 4) is 5.75 Å². The van der Waals surface area contributed by atoms with Gasteiger partial charge in [0.25, 0.3) is 0 Å². The Morgan fingerprint density at radius 1 is 1.40 bits per heavy atom. The maximum atomic E-state index is 5.04. The van der Waals surface area contributed by atoms with Gasteiger partial charge in [-0.15, -0.1) is 0 Å². The number of hydrogen-bond acceptors (Lipinski definition) is 1. The van der Waals surface area contributed by atoms with E-state index in [2.05, 4.69) is 0 Å². The third-order valence-corrected chi connectivity index (χ3v) is 1.43. The summed E-state index contributed by atoms with van der Waals surface area (Å²) in [5.41, 5.74) is 1.19. The van der Waals surface area contributed by atoms with Crippen LogP contribution in [0.1, 0.15) is 0 Å². The van der Waals surface area contributed by atoms with Crippen LogP contribution in [-0.2, 0) is 0 Å². The number of benzene rings is 1. The average molecular weight is 133 g/mol. The summed E-state index contributed by atoms with van der Waals surface area (Å²) in [7, 11) is 3.72. The highest BCUT2D eigenvalue weighted by molar-refractivity contribution is 6.51. The van der Waals surface area contributed by atoms with Gasteiger partial charge in [-0.1, -0.05) is 24.4 Å². The molecule has 51 valence electrons. The van der Waals surface area contributed by atoms with Gasteiger partial charge in [-0.3, -0.25) is 0 Å². The molecule has 1 radical (unpaired) electrons. The van der Waals surface area contributed by atoms with Gasteiger partial charge in [0.2, 0.25) is 0 Å². The van der Waals surface area contributed by atoms with Crippen LogP contribution in [0.5, 0.6) is 5.75 Å². The summed E-state index contributed by atoms with van der Waals surface area (Å²) >= 11 is 0. The Kier molecular flexibility index (Phi) is 2.38. The molecule has 0 spiro atoms. The SMILES string of the molecule is C[B]c1cccc(OC)c1. The highest BCUT2D eigenvalue weighted by Crippen LogP contribution is 2.04. The Bertz CT molecular complexity index is 191. The lowest BCUT2D eigenvalue weighted by molar-refractivity contribution is 0.415. The Balaban J connectivity index is 2.87. The van der Waals surface area contributed by atoms with Crippen molar-refractivity contribution in [1.82, 2.24) is 0 Å². The molecule has 0 atom stereocenters. The standard InChI is InChI=1S/C8H10BO/c1-9-7-4-3-5-8(6-7)10-2/h3-6H,1-2H3. The summed E-state index contributed by atoms with van der Waals surface area (Å²) in [5, 5.41) is 0. The van der Waals surface area contributed by atoms with E-state index in [0.29, 0.717) is 0 Å². The van der Waals surface area contributed by atoms with Crippen molar-refractivity contribution in [3.63, 3.8) is 0 Å². The predicted molar refractivity (Wildman–Crippen MR) is 44.2 cm³/mol. The second kappa shape index (κ2) is 3.30. The zero-order valence-corrected chi connectivity index (χ0v) is 6.29. The van der Waals surface area contributed by atoms with Crippen molar-refractivity contribution >= 4 is 12.7 Å². The van der Waals surface area contributed by atoms with Gasteiger partial charge in [-0.2, -0.15) is 0 Å². The Morgan fingerprint density at radius 2 is 2.20 bits per heavy atom. The molecular formula is C8H10BO. The Hall–Kier alpha value is -0.915. The van der Waals surface area contributed by atoms with E-state index >= 15 is 0 Å². The van der Waals surface area contributed by atoms with E-state index in [1.807, 2.05) is 38.4 Å². The Morgan fingerprint density at radius 3 is 2.80 bits per heavy atom. The third kappa shape index (κ3) is 1.53. The number of ether oxygens (including phenoxy) is 1.